The summed E-state index contributed by atoms with van der Waals surface area (Å²) in [7, 11) is 0. The molecule has 2 unspecified atom stereocenters. The van der Waals surface area contributed by atoms with E-state index in [9.17, 15) is 9.59 Å². The maximum absolute atomic E-state index is 14.3. The molecule has 1 saturated heterocycles. The van der Waals surface area contributed by atoms with Crippen molar-refractivity contribution in [3.05, 3.63) is 130 Å². The molecule has 4 heteroatoms. The molecule has 1 fully saturated rings. The maximum Gasteiger partial charge on any atom is 0.234 e. The van der Waals surface area contributed by atoms with Crippen molar-refractivity contribution in [2.45, 2.75) is 17.9 Å². The number of rotatable bonds is 1. The van der Waals surface area contributed by atoms with Gasteiger partial charge < -0.3 is 4.74 Å². The highest BCUT2D eigenvalue weighted by molar-refractivity contribution is 6.08. The Kier molecular flexibility index (Phi) is 3.67. The summed E-state index contributed by atoms with van der Waals surface area (Å²) in [6, 6.07) is 31.7. The van der Waals surface area contributed by atoms with Crippen LogP contribution in [0.1, 0.15) is 51.3 Å². The Balaban J connectivity index is 1.34. The first kappa shape index (κ1) is 19.2. The molecule has 0 saturated carbocycles. The summed E-state index contributed by atoms with van der Waals surface area (Å²) in [5, 5.41) is 0. The first-order valence-corrected chi connectivity index (χ1v) is 12.1. The van der Waals surface area contributed by atoms with E-state index in [1.807, 2.05) is 72.8 Å². The van der Waals surface area contributed by atoms with Crippen LogP contribution in [0.25, 0.3) is 0 Å². The fraction of sp³-hybridized carbons (Fsp3) is 0.161. The molecule has 0 aromatic heterocycles. The highest BCUT2D eigenvalue weighted by Crippen LogP contribution is 2.62. The van der Waals surface area contributed by atoms with E-state index in [1.165, 1.54) is 22.3 Å². The number of hydrogen-bond acceptors (Lipinski definition) is 3. The molecule has 2 heterocycles. The Labute approximate surface area is 202 Å². The summed E-state index contributed by atoms with van der Waals surface area (Å²) in [6.45, 7) is 0. The van der Waals surface area contributed by atoms with Crippen LogP contribution in [0.15, 0.2) is 97.1 Å². The lowest BCUT2D eigenvalue weighted by molar-refractivity contribution is -0.142. The van der Waals surface area contributed by atoms with Crippen LogP contribution in [0.4, 0.5) is 0 Å². The Morgan fingerprint density at radius 3 is 1.23 bits per heavy atom. The van der Waals surface area contributed by atoms with Crippen LogP contribution in [0.2, 0.25) is 0 Å². The largest absolute Gasteiger partial charge is 0.457 e. The lowest BCUT2D eigenvalue weighted by Crippen LogP contribution is -2.41. The van der Waals surface area contributed by atoms with Gasteiger partial charge in [-0.1, -0.05) is 84.9 Å². The molecule has 5 aliphatic rings. The predicted octanol–water partition coefficient (Wildman–Crippen LogP) is 5.77. The van der Waals surface area contributed by atoms with Crippen LogP contribution in [0, 0.1) is 11.8 Å². The smallest absolute Gasteiger partial charge is 0.234 e. The molecule has 4 aromatic carbocycles. The lowest BCUT2D eigenvalue weighted by Gasteiger charge is -2.45. The molecule has 2 bridgehead atoms. The number of benzene rings is 4. The summed E-state index contributed by atoms with van der Waals surface area (Å²) >= 11 is 0. The quantitative estimate of drug-likeness (QED) is 0.342. The fourth-order valence-corrected chi connectivity index (χ4v) is 7.12. The van der Waals surface area contributed by atoms with Gasteiger partial charge in [0, 0.05) is 23.0 Å². The fourth-order valence-electron chi connectivity index (χ4n) is 7.12. The summed E-state index contributed by atoms with van der Waals surface area (Å²) in [5.41, 5.74) is 6.46. The molecule has 4 nitrogen and oxygen atoms in total. The number of ether oxygens (including phenoxy) is 1. The van der Waals surface area contributed by atoms with Gasteiger partial charge in [-0.15, -0.1) is 0 Å². The van der Waals surface area contributed by atoms with Crippen LogP contribution in [0.5, 0.6) is 11.5 Å². The van der Waals surface area contributed by atoms with E-state index >= 15 is 0 Å². The minimum atomic E-state index is -0.493. The number of hydrogen-bond donors (Lipinski definition) is 0. The highest BCUT2D eigenvalue weighted by atomic mass is 16.5. The molecule has 4 aromatic rings. The molecule has 168 valence electrons. The number of imide groups is 1. The maximum atomic E-state index is 14.3. The Hall–Kier alpha value is -4.18. The van der Waals surface area contributed by atoms with Gasteiger partial charge >= 0.3 is 0 Å². The average molecular weight is 456 g/mol. The normalized spacial score (nSPS) is 25.3. The Bertz CT molecular complexity index is 1410. The van der Waals surface area contributed by atoms with Gasteiger partial charge in [0.2, 0.25) is 11.8 Å². The number of likely N-dealkylation sites (tertiary alicyclic amines) is 1. The second-order valence-electron chi connectivity index (χ2n) is 9.89. The predicted molar refractivity (Wildman–Crippen MR) is 130 cm³/mol. The molecular formula is C31H21NO3. The van der Waals surface area contributed by atoms with E-state index in [0.29, 0.717) is 11.5 Å². The van der Waals surface area contributed by atoms with Crippen molar-refractivity contribution in [1.29, 1.82) is 0 Å². The molecule has 0 radical (unpaired) electrons. The zero-order chi connectivity index (χ0) is 23.3. The van der Waals surface area contributed by atoms with Gasteiger partial charge in [0.05, 0.1) is 17.9 Å². The monoisotopic (exact) mass is 455 g/mol. The first-order chi connectivity index (χ1) is 17.2. The van der Waals surface area contributed by atoms with Crippen LogP contribution in [0.3, 0.4) is 0 Å². The van der Waals surface area contributed by atoms with E-state index in [2.05, 4.69) is 24.3 Å². The highest BCUT2D eigenvalue weighted by Gasteiger charge is 2.63. The van der Waals surface area contributed by atoms with Crippen LogP contribution < -0.4 is 4.74 Å². The van der Waals surface area contributed by atoms with Crippen molar-refractivity contribution in [3.8, 4) is 11.5 Å². The van der Waals surface area contributed by atoms with E-state index in [4.69, 9.17) is 4.74 Å². The third-order valence-electron chi connectivity index (χ3n) is 8.39. The number of amides is 2. The van der Waals surface area contributed by atoms with Crippen molar-refractivity contribution >= 4 is 11.8 Å². The van der Waals surface area contributed by atoms with Gasteiger partial charge in [-0.3, -0.25) is 14.5 Å². The van der Waals surface area contributed by atoms with E-state index in [1.54, 1.807) is 4.90 Å². The second-order valence-corrected chi connectivity index (χ2v) is 9.89. The summed E-state index contributed by atoms with van der Waals surface area (Å²) in [5.74, 6) is 0.251. The van der Waals surface area contributed by atoms with Crippen LogP contribution in [-0.2, 0) is 9.59 Å². The van der Waals surface area contributed by atoms with Gasteiger partial charge in [0.25, 0.3) is 0 Å². The Morgan fingerprint density at radius 2 is 0.829 bits per heavy atom. The van der Waals surface area contributed by atoms with Gasteiger partial charge in [0.15, 0.2) is 0 Å². The summed E-state index contributed by atoms with van der Waals surface area (Å²) in [4.78, 5) is 30.2. The molecule has 9 rings (SSSR count). The van der Waals surface area contributed by atoms with Gasteiger partial charge in [0.1, 0.15) is 11.5 Å². The zero-order valence-corrected chi connectivity index (χ0v) is 18.8. The first-order valence-electron chi connectivity index (χ1n) is 12.1. The molecule has 2 aliphatic heterocycles. The number of carbonyl (C=O) groups excluding carboxylic acids is 2. The number of fused-ring (bicyclic) bond motifs is 2. The summed E-state index contributed by atoms with van der Waals surface area (Å²) in [6.07, 6.45) is 0. The van der Waals surface area contributed by atoms with E-state index in [-0.39, 0.29) is 35.5 Å². The molecule has 3 aliphatic carbocycles. The number of nitrogens with zero attached hydrogens (tertiary/aromatic N) is 1. The van der Waals surface area contributed by atoms with E-state index in [0.717, 1.165) is 11.1 Å². The number of carbonyl (C=O) groups is 2. The van der Waals surface area contributed by atoms with Gasteiger partial charge in [-0.05, 0) is 34.4 Å². The van der Waals surface area contributed by atoms with Crippen molar-refractivity contribution in [2.75, 3.05) is 0 Å². The van der Waals surface area contributed by atoms with Gasteiger partial charge in [-0.25, -0.2) is 0 Å². The van der Waals surface area contributed by atoms with Crippen LogP contribution >= 0.6 is 0 Å². The third kappa shape index (κ3) is 2.32. The third-order valence-corrected chi connectivity index (χ3v) is 8.39. The lowest BCUT2D eigenvalue weighted by atomic mass is 9.55. The van der Waals surface area contributed by atoms with Crippen LogP contribution in [-0.4, -0.2) is 16.7 Å². The zero-order valence-electron chi connectivity index (χ0n) is 18.8. The topological polar surface area (TPSA) is 46.6 Å². The van der Waals surface area contributed by atoms with Crippen molar-refractivity contribution < 1.29 is 14.3 Å². The summed E-state index contributed by atoms with van der Waals surface area (Å²) < 4.78 is 6.16. The van der Waals surface area contributed by atoms with Crippen molar-refractivity contribution in [3.63, 3.8) is 0 Å². The van der Waals surface area contributed by atoms with Crippen molar-refractivity contribution in [2.24, 2.45) is 11.8 Å². The molecule has 0 spiro atoms. The average Bonchev–Trinajstić information content (AvgIpc) is 3.17. The van der Waals surface area contributed by atoms with Crippen molar-refractivity contribution in [1.82, 2.24) is 4.90 Å². The van der Waals surface area contributed by atoms with E-state index < -0.39 is 6.04 Å². The minimum Gasteiger partial charge on any atom is -0.457 e. The molecule has 2 amide bonds. The van der Waals surface area contributed by atoms with Gasteiger partial charge in [-0.2, -0.15) is 0 Å². The molecule has 35 heavy (non-hydrogen) atoms. The minimum absolute atomic E-state index is 0.0736. The second kappa shape index (κ2) is 6.70. The molecular weight excluding hydrogens is 434 g/mol. The standard InChI is InChI=1S/C31H21NO3/c33-30-27-25-17-9-1-2-10-18(17)26(20-12-4-3-11-19(20)25)28(27)31(34)32(30)29-21-13-5-7-15-23(21)35-24-16-8-6-14-22(24)29/h1-16,25-29H. The molecule has 2 atom stereocenters. The SMILES string of the molecule is O=C1C2C3c4ccccc4C(c4ccccc43)C2C(=O)N1C1c2ccccc2Oc2ccccc21. The number of para-hydroxylation sites is 2. The Morgan fingerprint density at radius 1 is 0.486 bits per heavy atom. The molecule has 0 N–H and O–H groups in total.